The molecule has 0 N–H and O–H groups in total. The van der Waals surface area contributed by atoms with Crippen LogP contribution in [0.3, 0.4) is 0 Å². The van der Waals surface area contributed by atoms with Crippen molar-refractivity contribution in [3.05, 3.63) is 23.7 Å². The first-order valence-electron chi connectivity index (χ1n) is 4.35. The molecule has 1 nitrogen and oxygen atoms in total. The van der Waals surface area contributed by atoms with Crippen LogP contribution in [-0.2, 0) is 0 Å². The number of hydrogen-bond acceptors (Lipinski definition) is 1. The van der Waals surface area contributed by atoms with Gasteiger partial charge in [-0.05, 0) is 35.8 Å². The van der Waals surface area contributed by atoms with Gasteiger partial charge in [0.15, 0.2) is 0 Å². The predicted octanol–water partition coefficient (Wildman–Crippen LogP) is 3.28. The summed E-state index contributed by atoms with van der Waals surface area (Å²) in [4.78, 5) is 0. The lowest BCUT2D eigenvalue weighted by Crippen LogP contribution is -1.88. The van der Waals surface area contributed by atoms with Gasteiger partial charge in [-0.25, -0.2) is 0 Å². The fourth-order valence-corrected chi connectivity index (χ4v) is 1.51. The minimum atomic E-state index is 0.615. The van der Waals surface area contributed by atoms with Gasteiger partial charge in [0.05, 0.1) is 12.5 Å². The van der Waals surface area contributed by atoms with E-state index in [0.717, 1.165) is 5.92 Å². The van der Waals surface area contributed by atoms with Gasteiger partial charge in [0.1, 0.15) is 0 Å². The van der Waals surface area contributed by atoms with E-state index in [2.05, 4.69) is 13.8 Å². The maximum absolute atomic E-state index is 5.21. The summed E-state index contributed by atoms with van der Waals surface area (Å²) in [5, 5.41) is 0. The monoisotopic (exact) mass is 150 g/mol. The molecule has 1 aliphatic rings. The third-order valence-corrected chi connectivity index (χ3v) is 2.36. The minimum Gasteiger partial charge on any atom is -0.472 e. The zero-order valence-corrected chi connectivity index (χ0v) is 7.13. The van der Waals surface area contributed by atoms with Crippen LogP contribution in [0.25, 0.3) is 0 Å². The summed E-state index contributed by atoms with van der Waals surface area (Å²) >= 11 is 0. The normalized spacial score (nSPS) is 17.7. The Morgan fingerprint density at radius 1 is 1.36 bits per heavy atom. The minimum absolute atomic E-state index is 0.615. The van der Waals surface area contributed by atoms with Crippen LogP contribution in [-0.4, -0.2) is 0 Å². The molecule has 1 aliphatic carbocycles. The van der Waals surface area contributed by atoms with Crippen LogP contribution < -0.4 is 0 Å². The average molecular weight is 150 g/mol. The molecule has 0 radical (unpaired) electrons. The molecule has 1 heterocycles. The second-order valence-electron chi connectivity index (χ2n) is 3.71. The Hall–Kier alpha value is -0.720. The van der Waals surface area contributed by atoms with Crippen LogP contribution in [0.5, 0.6) is 0 Å². The Bertz CT molecular complexity index is 227. The van der Waals surface area contributed by atoms with Crippen molar-refractivity contribution in [3.63, 3.8) is 0 Å². The Morgan fingerprint density at radius 3 is 2.64 bits per heavy atom. The molecular formula is C10H14O. The molecule has 2 rings (SSSR count). The Kier molecular flexibility index (Phi) is 1.52. The third-order valence-electron chi connectivity index (χ3n) is 2.36. The molecule has 0 unspecified atom stereocenters. The Labute approximate surface area is 67.4 Å². The van der Waals surface area contributed by atoms with Crippen LogP contribution in [0.1, 0.15) is 49.7 Å². The fraction of sp³-hybridized carbons (Fsp3) is 0.600. The van der Waals surface area contributed by atoms with Crippen molar-refractivity contribution in [1.29, 1.82) is 0 Å². The maximum Gasteiger partial charge on any atom is 0.0940 e. The molecule has 1 heteroatoms. The smallest absolute Gasteiger partial charge is 0.0940 e. The molecule has 0 atom stereocenters. The molecule has 0 bridgehead atoms. The highest BCUT2D eigenvalue weighted by Crippen LogP contribution is 2.43. The summed E-state index contributed by atoms with van der Waals surface area (Å²) in [5.41, 5.74) is 2.87. The van der Waals surface area contributed by atoms with Crippen LogP contribution in [0.4, 0.5) is 0 Å². The van der Waals surface area contributed by atoms with Gasteiger partial charge in [-0.1, -0.05) is 13.8 Å². The van der Waals surface area contributed by atoms with Gasteiger partial charge in [-0.2, -0.15) is 0 Å². The first-order chi connectivity index (χ1) is 5.29. The standard InChI is InChI=1S/C10H14O/c1-7(2)9-5-11-6-10(9)8-3-4-8/h5-8H,3-4H2,1-2H3. The average Bonchev–Trinajstić information content (AvgIpc) is 2.68. The van der Waals surface area contributed by atoms with Gasteiger partial charge in [0, 0.05) is 0 Å². The lowest BCUT2D eigenvalue weighted by molar-refractivity contribution is 0.559. The van der Waals surface area contributed by atoms with E-state index in [1.165, 1.54) is 24.0 Å². The van der Waals surface area contributed by atoms with Crippen molar-refractivity contribution >= 4 is 0 Å². The molecular weight excluding hydrogens is 136 g/mol. The van der Waals surface area contributed by atoms with Crippen molar-refractivity contribution in [2.75, 3.05) is 0 Å². The van der Waals surface area contributed by atoms with Crippen LogP contribution in [0.15, 0.2) is 16.9 Å². The lowest BCUT2D eigenvalue weighted by Gasteiger charge is -2.02. The largest absolute Gasteiger partial charge is 0.472 e. The van der Waals surface area contributed by atoms with Gasteiger partial charge in [0.2, 0.25) is 0 Å². The molecule has 0 spiro atoms. The molecule has 60 valence electrons. The molecule has 1 aromatic rings. The van der Waals surface area contributed by atoms with Crippen molar-refractivity contribution < 1.29 is 4.42 Å². The van der Waals surface area contributed by atoms with Crippen LogP contribution in [0.2, 0.25) is 0 Å². The van der Waals surface area contributed by atoms with Crippen LogP contribution >= 0.6 is 0 Å². The van der Waals surface area contributed by atoms with Gasteiger partial charge in [-0.3, -0.25) is 0 Å². The van der Waals surface area contributed by atoms with Crippen molar-refractivity contribution in [2.24, 2.45) is 0 Å². The topological polar surface area (TPSA) is 13.1 Å². The first-order valence-corrected chi connectivity index (χ1v) is 4.35. The van der Waals surface area contributed by atoms with E-state index >= 15 is 0 Å². The van der Waals surface area contributed by atoms with E-state index in [-0.39, 0.29) is 0 Å². The van der Waals surface area contributed by atoms with E-state index in [1.807, 2.05) is 12.5 Å². The van der Waals surface area contributed by atoms with Gasteiger partial charge < -0.3 is 4.42 Å². The molecule has 0 aliphatic heterocycles. The van der Waals surface area contributed by atoms with E-state index in [1.54, 1.807) is 0 Å². The Morgan fingerprint density at radius 2 is 2.09 bits per heavy atom. The maximum atomic E-state index is 5.21. The molecule has 11 heavy (non-hydrogen) atoms. The predicted molar refractivity (Wildman–Crippen MR) is 44.8 cm³/mol. The number of rotatable bonds is 2. The second-order valence-corrected chi connectivity index (χ2v) is 3.71. The van der Waals surface area contributed by atoms with Crippen molar-refractivity contribution in [2.45, 2.75) is 38.5 Å². The van der Waals surface area contributed by atoms with E-state index in [0.29, 0.717) is 5.92 Å². The summed E-state index contributed by atoms with van der Waals surface area (Å²) in [6.45, 7) is 4.44. The lowest BCUT2D eigenvalue weighted by atomic mass is 10.00. The van der Waals surface area contributed by atoms with Crippen molar-refractivity contribution in [1.82, 2.24) is 0 Å². The number of hydrogen-bond donors (Lipinski definition) is 0. The van der Waals surface area contributed by atoms with Crippen molar-refractivity contribution in [3.8, 4) is 0 Å². The SMILES string of the molecule is CC(C)c1cocc1C1CC1. The van der Waals surface area contributed by atoms with E-state index in [9.17, 15) is 0 Å². The van der Waals surface area contributed by atoms with E-state index < -0.39 is 0 Å². The molecule has 0 saturated heterocycles. The molecule has 0 aromatic carbocycles. The Balaban J connectivity index is 2.30. The second kappa shape index (κ2) is 2.40. The molecule has 0 amide bonds. The van der Waals surface area contributed by atoms with E-state index in [4.69, 9.17) is 4.42 Å². The summed E-state index contributed by atoms with van der Waals surface area (Å²) in [7, 11) is 0. The first kappa shape index (κ1) is 6.96. The highest BCUT2D eigenvalue weighted by atomic mass is 16.3. The summed E-state index contributed by atoms with van der Waals surface area (Å²) in [6, 6.07) is 0. The molecule has 1 aromatic heterocycles. The summed E-state index contributed by atoms with van der Waals surface area (Å²) in [5.74, 6) is 1.44. The highest BCUT2D eigenvalue weighted by Gasteiger charge is 2.27. The quantitative estimate of drug-likeness (QED) is 0.630. The van der Waals surface area contributed by atoms with Crippen LogP contribution in [0, 0.1) is 0 Å². The van der Waals surface area contributed by atoms with Gasteiger partial charge in [-0.15, -0.1) is 0 Å². The summed E-state index contributed by atoms with van der Waals surface area (Å²) in [6.07, 6.45) is 6.55. The van der Waals surface area contributed by atoms with Gasteiger partial charge >= 0.3 is 0 Å². The number of furan rings is 1. The fourth-order valence-electron chi connectivity index (χ4n) is 1.51. The third kappa shape index (κ3) is 1.20. The molecule has 1 saturated carbocycles. The summed E-state index contributed by atoms with van der Waals surface area (Å²) < 4.78 is 5.21. The highest BCUT2D eigenvalue weighted by molar-refractivity contribution is 5.30. The van der Waals surface area contributed by atoms with Gasteiger partial charge in [0.25, 0.3) is 0 Å². The molecule has 1 fully saturated rings. The zero-order valence-electron chi connectivity index (χ0n) is 7.13. The zero-order chi connectivity index (χ0) is 7.84.